The standard InChI is InChI=1S/C16H16ClFN2O/c1-10-3-5-14(11(2)7-10)20-16(21)9-19-15-6-4-12(18)8-13(15)17/h3-8,19H,9H2,1-2H3,(H,20,21). The third-order valence-corrected chi connectivity index (χ3v) is 3.34. The Morgan fingerprint density at radius 2 is 1.86 bits per heavy atom. The fourth-order valence-electron chi connectivity index (χ4n) is 1.96. The van der Waals surface area contributed by atoms with Crippen LogP contribution in [-0.2, 0) is 4.79 Å². The van der Waals surface area contributed by atoms with Gasteiger partial charge in [-0.1, -0.05) is 29.3 Å². The molecule has 0 unspecified atom stereocenters. The Morgan fingerprint density at radius 1 is 1.14 bits per heavy atom. The maximum Gasteiger partial charge on any atom is 0.243 e. The number of carbonyl (C=O) groups excluding carboxylic acids is 1. The Balaban J connectivity index is 1.96. The van der Waals surface area contributed by atoms with Crippen molar-refractivity contribution in [2.75, 3.05) is 17.2 Å². The highest BCUT2D eigenvalue weighted by Gasteiger charge is 2.07. The molecule has 0 aliphatic carbocycles. The zero-order valence-corrected chi connectivity index (χ0v) is 12.6. The summed E-state index contributed by atoms with van der Waals surface area (Å²) in [7, 11) is 0. The smallest absolute Gasteiger partial charge is 0.243 e. The van der Waals surface area contributed by atoms with Crippen LogP contribution in [0.5, 0.6) is 0 Å². The fraction of sp³-hybridized carbons (Fsp3) is 0.188. The number of rotatable bonds is 4. The van der Waals surface area contributed by atoms with Crippen LogP contribution in [0.25, 0.3) is 0 Å². The Kier molecular flexibility index (Phi) is 4.81. The highest BCUT2D eigenvalue weighted by molar-refractivity contribution is 6.33. The minimum atomic E-state index is -0.412. The monoisotopic (exact) mass is 306 g/mol. The van der Waals surface area contributed by atoms with Gasteiger partial charge >= 0.3 is 0 Å². The second-order valence-corrected chi connectivity index (χ2v) is 5.25. The third-order valence-electron chi connectivity index (χ3n) is 3.03. The third kappa shape index (κ3) is 4.20. The van der Waals surface area contributed by atoms with Crippen LogP contribution in [0, 0.1) is 19.7 Å². The predicted molar refractivity (Wildman–Crippen MR) is 84.4 cm³/mol. The average molecular weight is 307 g/mol. The largest absolute Gasteiger partial charge is 0.375 e. The molecule has 2 aromatic rings. The predicted octanol–water partition coefficient (Wildman–Crippen LogP) is 4.15. The summed E-state index contributed by atoms with van der Waals surface area (Å²) in [4.78, 5) is 11.9. The van der Waals surface area contributed by atoms with Crippen LogP contribution in [0.2, 0.25) is 5.02 Å². The van der Waals surface area contributed by atoms with E-state index < -0.39 is 5.82 Å². The van der Waals surface area contributed by atoms with Crippen LogP contribution < -0.4 is 10.6 Å². The van der Waals surface area contributed by atoms with Crippen LogP contribution in [0.3, 0.4) is 0 Å². The minimum Gasteiger partial charge on any atom is -0.375 e. The lowest BCUT2D eigenvalue weighted by molar-refractivity contribution is -0.114. The first-order valence-electron chi connectivity index (χ1n) is 6.52. The van der Waals surface area contributed by atoms with E-state index in [4.69, 9.17) is 11.6 Å². The number of carbonyl (C=O) groups is 1. The summed E-state index contributed by atoms with van der Waals surface area (Å²) in [6.45, 7) is 3.99. The van der Waals surface area contributed by atoms with Gasteiger partial charge in [0.1, 0.15) is 5.82 Å². The topological polar surface area (TPSA) is 41.1 Å². The molecular weight excluding hydrogens is 291 g/mol. The molecule has 3 nitrogen and oxygen atoms in total. The second-order valence-electron chi connectivity index (χ2n) is 4.84. The summed E-state index contributed by atoms with van der Waals surface area (Å²) in [5.74, 6) is -0.604. The molecule has 0 heterocycles. The lowest BCUT2D eigenvalue weighted by Gasteiger charge is -2.11. The van der Waals surface area contributed by atoms with Crippen molar-refractivity contribution in [3.8, 4) is 0 Å². The van der Waals surface area contributed by atoms with Crippen LogP contribution in [0.15, 0.2) is 36.4 Å². The molecule has 0 fully saturated rings. The summed E-state index contributed by atoms with van der Waals surface area (Å²) in [5, 5.41) is 5.95. The van der Waals surface area contributed by atoms with E-state index in [2.05, 4.69) is 10.6 Å². The van der Waals surface area contributed by atoms with Crippen LogP contribution >= 0.6 is 11.6 Å². The van der Waals surface area contributed by atoms with E-state index in [9.17, 15) is 9.18 Å². The molecule has 0 aliphatic rings. The summed E-state index contributed by atoms with van der Waals surface area (Å²) in [5.41, 5.74) is 3.44. The molecule has 0 saturated heterocycles. The van der Waals surface area contributed by atoms with Gasteiger partial charge in [0.05, 0.1) is 17.3 Å². The SMILES string of the molecule is Cc1ccc(NC(=O)CNc2ccc(F)cc2Cl)c(C)c1. The molecule has 5 heteroatoms. The fourth-order valence-corrected chi connectivity index (χ4v) is 2.19. The van der Waals surface area contributed by atoms with Gasteiger partial charge in [0.25, 0.3) is 0 Å². The number of halogens is 2. The average Bonchev–Trinajstić information content (AvgIpc) is 2.41. The van der Waals surface area contributed by atoms with Crippen molar-refractivity contribution in [2.45, 2.75) is 13.8 Å². The second kappa shape index (κ2) is 6.59. The van der Waals surface area contributed by atoms with E-state index in [1.165, 1.54) is 18.2 Å². The first-order chi connectivity index (χ1) is 9.95. The zero-order chi connectivity index (χ0) is 15.4. The maximum absolute atomic E-state index is 12.9. The van der Waals surface area contributed by atoms with Crippen LogP contribution in [0.1, 0.15) is 11.1 Å². The molecule has 0 saturated carbocycles. The number of amides is 1. The van der Waals surface area contributed by atoms with Crippen molar-refractivity contribution in [3.05, 3.63) is 58.4 Å². The van der Waals surface area contributed by atoms with Crippen molar-refractivity contribution < 1.29 is 9.18 Å². The molecule has 2 rings (SSSR count). The summed E-state index contributed by atoms with van der Waals surface area (Å²) < 4.78 is 12.9. The number of benzene rings is 2. The van der Waals surface area contributed by atoms with Gasteiger partial charge in [0, 0.05) is 5.69 Å². The van der Waals surface area contributed by atoms with E-state index in [1.807, 2.05) is 32.0 Å². The van der Waals surface area contributed by atoms with Crippen molar-refractivity contribution in [3.63, 3.8) is 0 Å². The van der Waals surface area contributed by atoms with Gasteiger partial charge in [-0.3, -0.25) is 4.79 Å². The van der Waals surface area contributed by atoms with E-state index >= 15 is 0 Å². The lowest BCUT2D eigenvalue weighted by Crippen LogP contribution is -2.22. The zero-order valence-electron chi connectivity index (χ0n) is 11.8. The molecule has 2 aromatic carbocycles. The first kappa shape index (κ1) is 15.3. The molecule has 0 spiro atoms. The Morgan fingerprint density at radius 3 is 2.52 bits per heavy atom. The van der Waals surface area contributed by atoms with E-state index in [0.29, 0.717) is 5.69 Å². The van der Waals surface area contributed by atoms with E-state index in [0.717, 1.165) is 16.8 Å². The Bertz CT molecular complexity index is 673. The van der Waals surface area contributed by atoms with Crippen LogP contribution in [-0.4, -0.2) is 12.5 Å². The highest BCUT2D eigenvalue weighted by atomic mass is 35.5. The number of nitrogens with one attached hydrogen (secondary N) is 2. The van der Waals surface area contributed by atoms with Gasteiger partial charge in [-0.2, -0.15) is 0 Å². The minimum absolute atomic E-state index is 0.0542. The number of aryl methyl sites for hydroxylation is 2. The van der Waals surface area contributed by atoms with Crippen molar-refractivity contribution in [1.29, 1.82) is 0 Å². The van der Waals surface area contributed by atoms with Gasteiger partial charge in [0.15, 0.2) is 0 Å². The number of anilines is 2. The molecule has 0 aromatic heterocycles. The van der Waals surface area contributed by atoms with Gasteiger partial charge in [-0.25, -0.2) is 4.39 Å². The molecule has 2 N–H and O–H groups in total. The molecule has 110 valence electrons. The number of hydrogen-bond donors (Lipinski definition) is 2. The van der Waals surface area contributed by atoms with Crippen molar-refractivity contribution in [2.24, 2.45) is 0 Å². The first-order valence-corrected chi connectivity index (χ1v) is 6.89. The molecule has 0 aliphatic heterocycles. The quantitative estimate of drug-likeness (QED) is 0.891. The highest BCUT2D eigenvalue weighted by Crippen LogP contribution is 2.22. The van der Waals surface area contributed by atoms with E-state index in [-0.39, 0.29) is 17.5 Å². The number of hydrogen-bond acceptors (Lipinski definition) is 2. The Labute approximate surface area is 128 Å². The lowest BCUT2D eigenvalue weighted by atomic mass is 10.1. The van der Waals surface area contributed by atoms with E-state index in [1.54, 1.807) is 0 Å². The normalized spacial score (nSPS) is 10.3. The summed E-state index contributed by atoms with van der Waals surface area (Å²) in [6.07, 6.45) is 0. The summed E-state index contributed by atoms with van der Waals surface area (Å²) in [6, 6.07) is 9.80. The van der Waals surface area contributed by atoms with Gasteiger partial charge in [0.2, 0.25) is 5.91 Å². The molecule has 0 radical (unpaired) electrons. The Hall–Kier alpha value is -2.07. The van der Waals surface area contributed by atoms with Gasteiger partial charge in [-0.15, -0.1) is 0 Å². The van der Waals surface area contributed by atoms with Crippen molar-refractivity contribution >= 4 is 28.9 Å². The molecular formula is C16H16ClFN2O. The van der Waals surface area contributed by atoms with Crippen LogP contribution in [0.4, 0.5) is 15.8 Å². The maximum atomic E-state index is 12.9. The summed E-state index contributed by atoms with van der Waals surface area (Å²) >= 11 is 5.88. The molecule has 21 heavy (non-hydrogen) atoms. The van der Waals surface area contributed by atoms with Gasteiger partial charge in [-0.05, 0) is 43.7 Å². The van der Waals surface area contributed by atoms with Gasteiger partial charge < -0.3 is 10.6 Å². The molecule has 1 amide bonds. The van der Waals surface area contributed by atoms with Crippen molar-refractivity contribution in [1.82, 2.24) is 0 Å². The molecule has 0 atom stereocenters. The molecule has 0 bridgehead atoms.